The topological polar surface area (TPSA) is 71.9 Å². The van der Waals surface area contributed by atoms with E-state index in [2.05, 4.69) is 49.6 Å². The van der Waals surface area contributed by atoms with E-state index in [4.69, 9.17) is 10.5 Å². The molecule has 4 nitrogen and oxygen atoms in total. The number of nitrogen functional groups attached to an aromatic ring is 1. The summed E-state index contributed by atoms with van der Waals surface area (Å²) in [5, 5.41) is 10.5. The van der Waals surface area contributed by atoms with Crippen LogP contribution in [0.4, 0.5) is 5.82 Å². The third-order valence-corrected chi connectivity index (χ3v) is 4.68. The predicted molar refractivity (Wildman–Crippen MR) is 103 cm³/mol. The Balaban J connectivity index is 2.42. The molecule has 0 bridgehead atoms. The highest BCUT2D eigenvalue weighted by Crippen LogP contribution is 2.39. The highest BCUT2D eigenvalue weighted by atomic mass is 127. The van der Waals surface area contributed by atoms with Crippen LogP contribution in [0.5, 0.6) is 5.75 Å². The van der Waals surface area contributed by atoms with Crippen LogP contribution in [0.1, 0.15) is 5.56 Å². The average Bonchev–Trinajstić information content (AvgIpc) is 2.54. The molecule has 0 radical (unpaired) electrons. The maximum atomic E-state index is 9.73. The van der Waals surface area contributed by atoms with Crippen molar-refractivity contribution >= 4 is 55.2 Å². The summed E-state index contributed by atoms with van der Waals surface area (Å²) in [4.78, 5) is 4.46. The van der Waals surface area contributed by atoms with Crippen LogP contribution >= 0.6 is 38.5 Å². The molecule has 0 amide bonds. The Bertz CT molecular complexity index is 966. The first-order valence-electron chi connectivity index (χ1n) is 6.68. The van der Waals surface area contributed by atoms with Gasteiger partial charge in [-0.2, -0.15) is 5.26 Å². The molecule has 0 spiro atoms. The summed E-state index contributed by atoms with van der Waals surface area (Å²) in [6.45, 7) is 0. The summed E-state index contributed by atoms with van der Waals surface area (Å²) in [6, 6.07) is 13.6. The van der Waals surface area contributed by atoms with Gasteiger partial charge in [-0.15, -0.1) is 0 Å². The van der Waals surface area contributed by atoms with Crippen molar-refractivity contribution in [2.24, 2.45) is 0 Å². The number of hydrogen-bond acceptors (Lipinski definition) is 4. The van der Waals surface area contributed by atoms with Crippen molar-refractivity contribution in [2.75, 3.05) is 12.8 Å². The smallest absolute Gasteiger partial charge is 0.133 e. The second-order valence-corrected chi connectivity index (χ2v) is 7.03. The van der Waals surface area contributed by atoms with E-state index >= 15 is 0 Å². The number of methoxy groups -OCH3 is 1. The number of hydrogen-bond donors (Lipinski definition) is 1. The Morgan fingerprint density at radius 3 is 2.74 bits per heavy atom. The van der Waals surface area contributed by atoms with Gasteiger partial charge in [-0.25, -0.2) is 4.98 Å². The van der Waals surface area contributed by atoms with Crippen LogP contribution in [0.25, 0.3) is 22.0 Å². The quantitative estimate of drug-likeness (QED) is 0.539. The van der Waals surface area contributed by atoms with Gasteiger partial charge >= 0.3 is 0 Å². The first kappa shape index (κ1) is 16.0. The van der Waals surface area contributed by atoms with Crippen LogP contribution in [0.15, 0.2) is 40.9 Å². The van der Waals surface area contributed by atoms with Gasteiger partial charge in [-0.3, -0.25) is 0 Å². The normalized spacial score (nSPS) is 10.5. The minimum atomic E-state index is 0.316. The summed E-state index contributed by atoms with van der Waals surface area (Å²) in [6.07, 6.45) is 0. The zero-order chi connectivity index (χ0) is 16.6. The molecule has 0 unspecified atom stereocenters. The van der Waals surface area contributed by atoms with Gasteiger partial charge in [0.25, 0.3) is 0 Å². The van der Waals surface area contributed by atoms with Crippen molar-refractivity contribution in [3.8, 4) is 22.9 Å². The number of aromatic nitrogens is 1. The summed E-state index contributed by atoms with van der Waals surface area (Å²) < 4.78 is 7.37. The third kappa shape index (κ3) is 2.86. The lowest BCUT2D eigenvalue weighted by Gasteiger charge is -2.14. The number of rotatable bonds is 2. The SMILES string of the molecule is COc1cc(Br)ccc1-c1c(N)nc2ccc(I)cc2c1C#N. The summed E-state index contributed by atoms with van der Waals surface area (Å²) in [5.41, 5.74) is 8.73. The molecule has 2 aromatic carbocycles. The lowest BCUT2D eigenvalue weighted by atomic mass is 9.96. The van der Waals surface area contributed by atoms with Gasteiger partial charge in [-0.1, -0.05) is 15.9 Å². The molecule has 6 heteroatoms. The van der Waals surface area contributed by atoms with Crippen LogP contribution in [0, 0.1) is 14.9 Å². The maximum Gasteiger partial charge on any atom is 0.133 e. The summed E-state index contributed by atoms with van der Waals surface area (Å²) in [7, 11) is 1.59. The molecule has 23 heavy (non-hydrogen) atoms. The van der Waals surface area contributed by atoms with Crippen molar-refractivity contribution in [1.82, 2.24) is 4.98 Å². The highest BCUT2D eigenvalue weighted by Gasteiger charge is 2.18. The van der Waals surface area contributed by atoms with Crippen LogP contribution in [0.3, 0.4) is 0 Å². The number of halogens is 2. The van der Waals surface area contributed by atoms with E-state index in [0.29, 0.717) is 28.2 Å². The van der Waals surface area contributed by atoms with Gasteiger partial charge in [0.15, 0.2) is 0 Å². The number of nitrogens with two attached hydrogens (primary N) is 1. The van der Waals surface area contributed by atoms with E-state index in [1.165, 1.54) is 0 Å². The summed E-state index contributed by atoms with van der Waals surface area (Å²) in [5.74, 6) is 0.949. The Labute approximate surface area is 155 Å². The lowest BCUT2D eigenvalue weighted by Crippen LogP contribution is -2.01. The van der Waals surface area contributed by atoms with Crippen LogP contribution in [0.2, 0.25) is 0 Å². The molecular weight excluding hydrogens is 469 g/mol. The Morgan fingerprint density at radius 1 is 1.26 bits per heavy atom. The fourth-order valence-corrected chi connectivity index (χ4v) is 3.35. The van der Waals surface area contributed by atoms with E-state index in [0.717, 1.165) is 19.0 Å². The number of ether oxygens (including phenoxy) is 1. The second kappa shape index (κ2) is 6.34. The van der Waals surface area contributed by atoms with Crippen LogP contribution in [-0.2, 0) is 0 Å². The number of anilines is 1. The maximum absolute atomic E-state index is 9.73. The predicted octanol–water partition coefficient (Wildman–Crippen LogP) is 4.73. The molecule has 0 fully saturated rings. The zero-order valence-corrected chi connectivity index (χ0v) is 15.8. The van der Waals surface area contributed by atoms with E-state index in [1.807, 2.05) is 36.4 Å². The van der Waals surface area contributed by atoms with E-state index in [9.17, 15) is 5.26 Å². The molecule has 0 saturated heterocycles. The molecule has 0 atom stereocenters. The molecule has 3 aromatic rings. The van der Waals surface area contributed by atoms with Crippen LogP contribution in [-0.4, -0.2) is 12.1 Å². The number of nitrogens with zero attached hydrogens (tertiary/aromatic N) is 2. The fraction of sp³-hybridized carbons (Fsp3) is 0.0588. The van der Waals surface area contributed by atoms with Gasteiger partial charge in [0.2, 0.25) is 0 Å². The number of benzene rings is 2. The molecule has 1 aromatic heterocycles. The molecular formula is C17H11BrIN3O. The van der Waals surface area contributed by atoms with Crippen molar-refractivity contribution < 1.29 is 4.74 Å². The molecule has 3 rings (SSSR count). The standard InChI is InChI=1S/C17H11BrIN3O/c1-23-15-6-9(18)2-4-11(15)16-13(8-20)12-7-10(19)3-5-14(12)22-17(16)21/h2-7H,1H3,(H2,21,22). The fourth-order valence-electron chi connectivity index (χ4n) is 2.51. The van der Waals surface area contributed by atoms with Gasteiger partial charge in [0.1, 0.15) is 17.6 Å². The highest BCUT2D eigenvalue weighted by molar-refractivity contribution is 14.1. The monoisotopic (exact) mass is 479 g/mol. The molecule has 114 valence electrons. The number of pyridine rings is 1. The van der Waals surface area contributed by atoms with E-state index in [-0.39, 0.29) is 0 Å². The van der Waals surface area contributed by atoms with Crippen LogP contribution < -0.4 is 10.5 Å². The molecule has 0 aliphatic rings. The van der Waals surface area contributed by atoms with Gasteiger partial charge in [0, 0.05) is 24.6 Å². The number of fused-ring (bicyclic) bond motifs is 1. The third-order valence-electron chi connectivity index (χ3n) is 3.52. The largest absolute Gasteiger partial charge is 0.496 e. The van der Waals surface area contributed by atoms with E-state index < -0.39 is 0 Å². The Kier molecular flexibility index (Phi) is 4.41. The molecule has 0 saturated carbocycles. The minimum Gasteiger partial charge on any atom is -0.496 e. The Morgan fingerprint density at radius 2 is 2.04 bits per heavy atom. The van der Waals surface area contributed by atoms with Crippen molar-refractivity contribution in [3.63, 3.8) is 0 Å². The lowest BCUT2D eigenvalue weighted by molar-refractivity contribution is 0.416. The first-order valence-corrected chi connectivity index (χ1v) is 8.55. The van der Waals surface area contributed by atoms with Crippen molar-refractivity contribution in [3.05, 3.63) is 50.0 Å². The van der Waals surface area contributed by atoms with Gasteiger partial charge < -0.3 is 10.5 Å². The Hall–Kier alpha value is -1.85. The molecule has 1 heterocycles. The minimum absolute atomic E-state index is 0.316. The molecule has 2 N–H and O–H groups in total. The van der Waals surface area contributed by atoms with Crippen molar-refractivity contribution in [1.29, 1.82) is 5.26 Å². The number of nitriles is 1. The molecule has 0 aliphatic carbocycles. The van der Waals surface area contributed by atoms with Gasteiger partial charge in [0.05, 0.1) is 18.2 Å². The van der Waals surface area contributed by atoms with E-state index in [1.54, 1.807) is 7.11 Å². The first-order chi connectivity index (χ1) is 11.0. The second-order valence-electron chi connectivity index (χ2n) is 4.86. The summed E-state index contributed by atoms with van der Waals surface area (Å²) >= 11 is 5.64. The zero-order valence-electron chi connectivity index (χ0n) is 12.1. The van der Waals surface area contributed by atoms with Crippen molar-refractivity contribution in [2.45, 2.75) is 0 Å². The average molecular weight is 480 g/mol. The van der Waals surface area contributed by atoms with Gasteiger partial charge in [-0.05, 0) is 59.0 Å². The molecule has 0 aliphatic heterocycles.